The Morgan fingerprint density at radius 3 is 0.431 bits per heavy atom. The molecule has 0 atom stereocenters. The quantitative estimate of drug-likeness (QED) is 0.0346. The Bertz CT molecular complexity index is 957. The molecule has 0 unspecified atom stereocenters. The Morgan fingerprint density at radius 1 is 0.194 bits per heavy atom. The van der Waals surface area contributed by atoms with Crippen molar-refractivity contribution in [2.24, 2.45) is 0 Å². The second-order valence-corrected chi connectivity index (χ2v) is 23.2. The zero-order valence-electron chi connectivity index (χ0n) is 49.6. The predicted molar refractivity (Wildman–Crippen MR) is 319 cm³/mol. The van der Waals surface area contributed by atoms with E-state index in [0.717, 1.165) is 25.7 Å². The molecule has 0 radical (unpaired) electrons. The fourth-order valence-electron chi connectivity index (χ4n) is 10.8. The molecule has 72 heavy (non-hydrogen) atoms. The van der Waals surface area contributed by atoms with E-state index in [2.05, 4.69) is 13.8 Å². The van der Waals surface area contributed by atoms with Crippen molar-refractivity contribution >= 4 is 11.9 Å². The summed E-state index contributed by atoms with van der Waals surface area (Å²) in [7, 11) is 0. The topological polar surface area (TPSA) is 52.6 Å². The molecule has 0 aliphatic carbocycles. The van der Waals surface area contributed by atoms with Gasteiger partial charge < -0.3 is 9.47 Å². The van der Waals surface area contributed by atoms with Crippen LogP contribution >= 0.6 is 0 Å². The van der Waals surface area contributed by atoms with Gasteiger partial charge in [-0.15, -0.1) is 0 Å². The zero-order valence-corrected chi connectivity index (χ0v) is 49.6. The molecule has 0 bridgehead atoms. The molecular formula is C68H132O4. The second-order valence-electron chi connectivity index (χ2n) is 23.2. The van der Waals surface area contributed by atoms with Crippen molar-refractivity contribution in [3.63, 3.8) is 0 Å². The molecule has 0 aromatic carbocycles. The summed E-state index contributed by atoms with van der Waals surface area (Å²) in [6.07, 6.45) is 86.2. The first-order valence-corrected chi connectivity index (χ1v) is 33.7. The summed E-state index contributed by atoms with van der Waals surface area (Å²) in [6.45, 7) is 5.46. The van der Waals surface area contributed by atoms with Crippen molar-refractivity contribution in [2.75, 3.05) is 13.2 Å². The highest BCUT2D eigenvalue weighted by Gasteiger charge is 2.03. The number of esters is 2. The van der Waals surface area contributed by atoms with Crippen molar-refractivity contribution in [3.05, 3.63) is 12.2 Å². The van der Waals surface area contributed by atoms with E-state index in [4.69, 9.17) is 9.47 Å². The standard InChI is InChI=1S/C68H132O4/c1-3-5-7-9-11-13-15-17-19-21-23-25-27-29-31-33-35-37-39-41-43-45-47-49-51-53-55-57-59-61-65-71-67(69)63-64-68(70)72-66-62-60-58-56-54-52-50-48-46-44-42-40-38-36-34-32-30-28-26-24-22-20-18-16-14-12-10-8-6-4-2/h63-64H,3-62,65-66H2,1-2H3/b64-63+. The molecule has 0 aromatic rings. The molecule has 0 aliphatic heterocycles. The minimum atomic E-state index is -0.446. The van der Waals surface area contributed by atoms with Crippen LogP contribution < -0.4 is 0 Å². The number of carbonyl (C=O) groups excluding carboxylic acids is 2. The largest absolute Gasteiger partial charge is 0.463 e. The second kappa shape index (κ2) is 65.8. The molecule has 0 amide bonds. The van der Waals surface area contributed by atoms with Crippen LogP contribution in [0.15, 0.2) is 12.2 Å². The minimum Gasteiger partial charge on any atom is -0.463 e. The molecule has 4 heteroatoms. The monoisotopic (exact) mass is 1010 g/mol. The molecule has 0 rings (SSSR count). The molecule has 0 fully saturated rings. The summed E-state index contributed by atoms with van der Waals surface area (Å²) < 4.78 is 10.6. The van der Waals surface area contributed by atoms with Gasteiger partial charge in [-0.2, -0.15) is 0 Å². The van der Waals surface area contributed by atoms with Crippen LogP contribution in [0.5, 0.6) is 0 Å². The summed E-state index contributed by atoms with van der Waals surface area (Å²) >= 11 is 0. The summed E-state index contributed by atoms with van der Waals surface area (Å²) in [5.41, 5.74) is 0. The number of hydrogen-bond donors (Lipinski definition) is 0. The lowest BCUT2D eigenvalue weighted by molar-refractivity contribution is -0.140. The van der Waals surface area contributed by atoms with Crippen LogP contribution in [-0.2, 0) is 19.1 Å². The molecule has 4 nitrogen and oxygen atoms in total. The maximum Gasteiger partial charge on any atom is 0.331 e. The third kappa shape index (κ3) is 64.8. The number of carbonyl (C=O) groups is 2. The van der Waals surface area contributed by atoms with Gasteiger partial charge in [-0.3, -0.25) is 0 Å². The van der Waals surface area contributed by atoms with E-state index in [9.17, 15) is 9.59 Å². The normalized spacial score (nSPS) is 11.6. The van der Waals surface area contributed by atoms with Gasteiger partial charge in [-0.1, -0.05) is 386 Å². The third-order valence-electron chi connectivity index (χ3n) is 15.8. The Hall–Kier alpha value is -1.32. The SMILES string of the molecule is CCCCCCCCCCCCCCCCCCCCCCCCCCCCCCCCOC(=O)/C=C/C(=O)OCCCCCCCCCCCCCCCCCCCCCCCCCCCCCCCC. The number of unbranched alkanes of at least 4 members (excludes halogenated alkanes) is 58. The molecule has 0 saturated heterocycles. The lowest BCUT2D eigenvalue weighted by Gasteiger charge is -2.05. The average molecular weight is 1010 g/mol. The maximum absolute atomic E-state index is 12.0. The van der Waals surface area contributed by atoms with E-state index >= 15 is 0 Å². The van der Waals surface area contributed by atoms with Gasteiger partial charge in [0.1, 0.15) is 0 Å². The molecule has 0 N–H and O–H groups in total. The van der Waals surface area contributed by atoms with Crippen LogP contribution in [0.4, 0.5) is 0 Å². The van der Waals surface area contributed by atoms with Gasteiger partial charge >= 0.3 is 11.9 Å². The van der Waals surface area contributed by atoms with Crippen molar-refractivity contribution in [3.8, 4) is 0 Å². The van der Waals surface area contributed by atoms with E-state index in [1.54, 1.807) is 0 Å². The van der Waals surface area contributed by atoms with Gasteiger partial charge in [-0.25, -0.2) is 9.59 Å². The Morgan fingerprint density at radius 2 is 0.306 bits per heavy atom. The summed E-state index contributed by atoms with van der Waals surface area (Å²) in [5.74, 6) is -0.892. The minimum absolute atomic E-state index is 0.428. The molecular weight excluding hydrogens is 881 g/mol. The molecule has 0 heterocycles. The highest BCUT2D eigenvalue weighted by Crippen LogP contribution is 2.19. The molecule has 0 aliphatic rings. The van der Waals surface area contributed by atoms with E-state index in [-0.39, 0.29) is 0 Å². The first-order valence-electron chi connectivity index (χ1n) is 33.7. The van der Waals surface area contributed by atoms with E-state index in [0.29, 0.717) is 13.2 Å². The molecule has 428 valence electrons. The smallest absolute Gasteiger partial charge is 0.331 e. The van der Waals surface area contributed by atoms with Crippen LogP contribution in [0, 0.1) is 0 Å². The lowest BCUT2D eigenvalue weighted by atomic mass is 10.0. The molecule has 0 spiro atoms. The van der Waals surface area contributed by atoms with Crippen molar-refractivity contribution in [1.82, 2.24) is 0 Å². The summed E-state index contributed by atoms with van der Waals surface area (Å²) in [4.78, 5) is 24.0. The predicted octanol–water partition coefficient (Wildman–Crippen LogP) is 24.1. The van der Waals surface area contributed by atoms with Crippen molar-refractivity contribution in [1.29, 1.82) is 0 Å². The lowest BCUT2D eigenvalue weighted by Crippen LogP contribution is -2.06. The van der Waals surface area contributed by atoms with Crippen LogP contribution in [0.3, 0.4) is 0 Å². The fourth-order valence-corrected chi connectivity index (χ4v) is 10.8. The van der Waals surface area contributed by atoms with Crippen molar-refractivity contribution < 1.29 is 19.1 Å². The van der Waals surface area contributed by atoms with E-state index < -0.39 is 11.9 Å². The van der Waals surface area contributed by atoms with Crippen LogP contribution in [0.25, 0.3) is 0 Å². The van der Waals surface area contributed by atoms with Crippen LogP contribution in [-0.4, -0.2) is 25.2 Å². The maximum atomic E-state index is 12.0. The van der Waals surface area contributed by atoms with Crippen LogP contribution in [0.1, 0.15) is 399 Å². The summed E-state index contributed by atoms with van der Waals surface area (Å²) in [5, 5.41) is 0. The molecule has 0 saturated carbocycles. The highest BCUT2D eigenvalue weighted by atomic mass is 16.5. The van der Waals surface area contributed by atoms with Crippen LogP contribution in [0.2, 0.25) is 0 Å². The van der Waals surface area contributed by atoms with Gasteiger partial charge in [-0.05, 0) is 12.8 Å². The Balaban J connectivity index is 3.25. The van der Waals surface area contributed by atoms with Gasteiger partial charge in [0.15, 0.2) is 0 Å². The van der Waals surface area contributed by atoms with Gasteiger partial charge in [0.25, 0.3) is 0 Å². The first-order chi connectivity index (χ1) is 35.7. The van der Waals surface area contributed by atoms with E-state index in [1.807, 2.05) is 0 Å². The summed E-state index contributed by atoms with van der Waals surface area (Å²) in [6, 6.07) is 0. The van der Waals surface area contributed by atoms with Crippen molar-refractivity contribution in [2.45, 2.75) is 399 Å². The Labute approximate surface area is 453 Å². The number of ether oxygens (including phenoxy) is 2. The third-order valence-corrected chi connectivity index (χ3v) is 15.8. The first kappa shape index (κ1) is 70.7. The highest BCUT2D eigenvalue weighted by molar-refractivity contribution is 5.91. The average Bonchev–Trinajstić information content (AvgIpc) is 3.38. The fraction of sp³-hybridized carbons (Fsp3) is 0.941. The van der Waals surface area contributed by atoms with Gasteiger partial charge in [0, 0.05) is 12.2 Å². The van der Waals surface area contributed by atoms with Gasteiger partial charge in [0.2, 0.25) is 0 Å². The number of hydrogen-bond acceptors (Lipinski definition) is 4. The zero-order chi connectivity index (χ0) is 51.8. The van der Waals surface area contributed by atoms with Gasteiger partial charge in [0.05, 0.1) is 13.2 Å². The Kier molecular flexibility index (Phi) is 64.6. The number of rotatable bonds is 64. The molecule has 0 aromatic heterocycles. The van der Waals surface area contributed by atoms with E-state index in [1.165, 1.54) is 372 Å².